The van der Waals surface area contributed by atoms with Crippen LogP contribution in [0.5, 0.6) is 0 Å². The minimum absolute atomic E-state index is 0.0230. The monoisotopic (exact) mass is 517 g/mol. The third-order valence-corrected chi connectivity index (χ3v) is 7.66. The van der Waals surface area contributed by atoms with Crippen molar-refractivity contribution in [1.29, 1.82) is 5.26 Å². The van der Waals surface area contributed by atoms with Gasteiger partial charge in [0.2, 0.25) is 0 Å². The minimum atomic E-state index is -0.574. The predicted octanol–water partition coefficient (Wildman–Crippen LogP) is 6.66. The van der Waals surface area contributed by atoms with Gasteiger partial charge in [-0.25, -0.2) is 4.98 Å². The summed E-state index contributed by atoms with van der Waals surface area (Å²) >= 11 is 12.6. The molecule has 0 amide bonds. The molecule has 36 heavy (non-hydrogen) atoms. The summed E-state index contributed by atoms with van der Waals surface area (Å²) in [4.78, 5) is 20.5. The molecule has 1 aliphatic heterocycles. The van der Waals surface area contributed by atoms with Gasteiger partial charge in [-0.2, -0.15) is 5.26 Å². The number of carbonyl (C=O) groups excluding carboxylic acids is 1. The lowest BCUT2D eigenvalue weighted by Gasteiger charge is -2.44. The molecule has 1 atom stereocenters. The van der Waals surface area contributed by atoms with Crippen LogP contribution in [-0.2, 0) is 4.79 Å². The smallest absolute Gasteiger partial charge is 0.162 e. The van der Waals surface area contributed by atoms with E-state index in [1.807, 2.05) is 42.2 Å². The molecule has 0 fully saturated rings. The molecule has 0 bridgehead atoms. The molecule has 1 unspecified atom stereocenters. The Balaban J connectivity index is 1.91. The number of pyridine rings is 1. The third kappa shape index (κ3) is 3.80. The van der Waals surface area contributed by atoms with Crippen molar-refractivity contribution >= 4 is 52.0 Å². The van der Waals surface area contributed by atoms with Crippen LogP contribution in [0.1, 0.15) is 54.9 Å². The van der Waals surface area contributed by atoms with Crippen LogP contribution < -0.4 is 16.4 Å². The van der Waals surface area contributed by atoms with Crippen molar-refractivity contribution in [1.82, 2.24) is 4.98 Å². The van der Waals surface area contributed by atoms with Crippen molar-refractivity contribution < 1.29 is 4.79 Å². The van der Waals surface area contributed by atoms with Gasteiger partial charge < -0.3 is 11.5 Å². The van der Waals surface area contributed by atoms with Crippen LogP contribution in [0.2, 0.25) is 10.0 Å². The lowest BCUT2D eigenvalue weighted by Crippen LogP contribution is -2.39. The Hall–Kier alpha value is -3.53. The van der Waals surface area contributed by atoms with Gasteiger partial charge in [0.25, 0.3) is 0 Å². The zero-order chi connectivity index (χ0) is 25.9. The van der Waals surface area contributed by atoms with E-state index in [0.717, 1.165) is 22.5 Å². The molecule has 2 aromatic carbocycles. The molecule has 0 saturated carbocycles. The lowest BCUT2D eigenvalue weighted by molar-refractivity contribution is -0.118. The number of aryl methyl sites for hydroxylation is 1. The van der Waals surface area contributed by atoms with E-state index in [-0.39, 0.29) is 28.3 Å². The van der Waals surface area contributed by atoms with Crippen LogP contribution in [0.15, 0.2) is 53.7 Å². The van der Waals surface area contributed by atoms with Crippen molar-refractivity contribution in [2.45, 2.75) is 39.5 Å². The lowest BCUT2D eigenvalue weighted by atomic mass is 9.68. The molecule has 2 heterocycles. The molecular formula is C28H25Cl2N5O. The van der Waals surface area contributed by atoms with Gasteiger partial charge in [-0.05, 0) is 48.6 Å². The van der Waals surface area contributed by atoms with Gasteiger partial charge in [0.15, 0.2) is 5.78 Å². The molecule has 4 N–H and O–H groups in total. The maximum Gasteiger partial charge on any atom is 0.162 e. The first kappa shape index (κ1) is 24.2. The molecule has 5 rings (SSSR count). The molecule has 3 aromatic rings. The molecule has 1 aromatic heterocycles. The van der Waals surface area contributed by atoms with E-state index in [4.69, 9.17) is 39.7 Å². The number of hydrogen-bond acceptors (Lipinski definition) is 6. The normalized spacial score (nSPS) is 18.5. The number of ketones is 1. The van der Waals surface area contributed by atoms with Crippen molar-refractivity contribution in [2.75, 3.05) is 16.4 Å². The van der Waals surface area contributed by atoms with Crippen LogP contribution in [0, 0.1) is 23.7 Å². The number of aromatic nitrogens is 1. The minimum Gasteiger partial charge on any atom is -0.397 e. The van der Waals surface area contributed by atoms with E-state index in [0.29, 0.717) is 39.8 Å². The van der Waals surface area contributed by atoms with Gasteiger partial charge in [0.05, 0.1) is 15.7 Å². The molecule has 0 radical (unpaired) electrons. The average molecular weight is 518 g/mol. The summed E-state index contributed by atoms with van der Waals surface area (Å²) in [5, 5.41) is 10.6. The summed E-state index contributed by atoms with van der Waals surface area (Å²) in [6.45, 7) is 6.18. The number of halogens is 2. The van der Waals surface area contributed by atoms with Crippen molar-refractivity contribution in [2.24, 2.45) is 5.41 Å². The number of rotatable bonds is 2. The highest BCUT2D eigenvalue weighted by Crippen LogP contribution is 2.55. The molecule has 6 nitrogen and oxygen atoms in total. The van der Waals surface area contributed by atoms with Gasteiger partial charge >= 0.3 is 0 Å². The molecular weight excluding hydrogens is 493 g/mol. The molecule has 1 aliphatic carbocycles. The maximum absolute atomic E-state index is 13.9. The van der Waals surface area contributed by atoms with Crippen LogP contribution >= 0.6 is 23.2 Å². The standard InChI is InChI=1S/C28H25Cl2N5O/c1-14-4-7-16(8-5-14)35-20-11-28(2,3)12-21(36)23(20)22(15-6-9-18(29)19(30)10-15)24-25(32)17(13-31)26(33)34-27(24)35/h4-10,22H,11-12H2,1-3H3,(H4,32,33,34). The molecule has 0 spiro atoms. The number of nitriles is 1. The number of fused-ring (bicyclic) bond motifs is 1. The van der Waals surface area contributed by atoms with Crippen LogP contribution in [0.25, 0.3) is 0 Å². The number of anilines is 4. The zero-order valence-electron chi connectivity index (χ0n) is 20.2. The molecule has 2 aliphatic rings. The van der Waals surface area contributed by atoms with E-state index in [2.05, 4.69) is 19.9 Å². The van der Waals surface area contributed by atoms with Crippen LogP contribution in [0.4, 0.5) is 23.0 Å². The fourth-order valence-electron chi connectivity index (χ4n) is 5.29. The molecule has 0 saturated heterocycles. The van der Waals surface area contributed by atoms with Crippen molar-refractivity contribution in [3.8, 4) is 6.07 Å². The highest BCUT2D eigenvalue weighted by atomic mass is 35.5. The van der Waals surface area contributed by atoms with Gasteiger partial charge in [-0.3, -0.25) is 9.69 Å². The Morgan fingerprint density at radius 1 is 1.08 bits per heavy atom. The van der Waals surface area contributed by atoms with Gasteiger partial charge in [0, 0.05) is 34.9 Å². The van der Waals surface area contributed by atoms with E-state index < -0.39 is 5.92 Å². The molecule has 182 valence electrons. The third-order valence-electron chi connectivity index (χ3n) is 6.92. The first-order valence-electron chi connectivity index (χ1n) is 11.6. The second-order valence-corrected chi connectivity index (χ2v) is 11.0. The van der Waals surface area contributed by atoms with Gasteiger partial charge in [-0.1, -0.05) is 60.8 Å². The highest BCUT2D eigenvalue weighted by molar-refractivity contribution is 6.42. The largest absolute Gasteiger partial charge is 0.397 e. The van der Waals surface area contributed by atoms with E-state index in [1.165, 1.54) is 0 Å². The predicted molar refractivity (Wildman–Crippen MR) is 144 cm³/mol. The maximum atomic E-state index is 13.9. The summed E-state index contributed by atoms with van der Waals surface area (Å²) in [6.07, 6.45) is 1.02. The molecule has 8 heteroatoms. The van der Waals surface area contributed by atoms with E-state index in [9.17, 15) is 10.1 Å². The van der Waals surface area contributed by atoms with E-state index in [1.54, 1.807) is 12.1 Å². The summed E-state index contributed by atoms with van der Waals surface area (Å²) < 4.78 is 0. The highest BCUT2D eigenvalue weighted by Gasteiger charge is 2.46. The second-order valence-electron chi connectivity index (χ2n) is 10.2. The summed E-state index contributed by atoms with van der Waals surface area (Å²) in [7, 11) is 0. The van der Waals surface area contributed by atoms with Crippen LogP contribution in [0.3, 0.4) is 0 Å². The average Bonchev–Trinajstić information content (AvgIpc) is 2.80. The van der Waals surface area contributed by atoms with Gasteiger partial charge in [0.1, 0.15) is 23.3 Å². The Bertz CT molecular complexity index is 1500. The fourth-order valence-corrected chi connectivity index (χ4v) is 5.60. The Morgan fingerprint density at radius 3 is 2.42 bits per heavy atom. The summed E-state index contributed by atoms with van der Waals surface area (Å²) in [6, 6.07) is 15.4. The number of allylic oxidation sites excluding steroid dienone is 2. The van der Waals surface area contributed by atoms with Gasteiger partial charge in [-0.15, -0.1) is 0 Å². The first-order valence-corrected chi connectivity index (χ1v) is 12.3. The first-order chi connectivity index (χ1) is 17.0. The van der Waals surface area contributed by atoms with E-state index >= 15 is 0 Å². The Morgan fingerprint density at radius 2 is 1.78 bits per heavy atom. The van der Waals surface area contributed by atoms with Crippen molar-refractivity contribution in [3.05, 3.63) is 86.0 Å². The number of benzene rings is 2. The SMILES string of the molecule is Cc1ccc(N2C3=C(C(=O)CC(C)(C)C3)C(c3ccc(Cl)c(Cl)c3)c3c2nc(N)c(C#N)c3N)cc1. The van der Waals surface area contributed by atoms with Crippen molar-refractivity contribution in [3.63, 3.8) is 0 Å². The summed E-state index contributed by atoms with van der Waals surface area (Å²) in [5.41, 5.74) is 17.6. The second kappa shape index (κ2) is 8.55. The Kier molecular flexibility index (Phi) is 5.74. The number of nitrogens with two attached hydrogens (primary N) is 2. The number of carbonyl (C=O) groups is 1. The Labute approximate surface area is 220 Å². The number of hydrogen-bond donors (Lipinski definition) is 2. The topological polar surface area (TPSA) is 109 Å². The van der Waals surface area contributed by atoms with Crippen LogP contribution in [-0.4, -0.2) is 10.8 Å². The summed E-state index contributed by atoms with van der Waals surface area (Å²) in [5.74, 6) is 0.00227. The quantitative estimate of drug-likeness (QED) is 0.393. The zero-order valence-corrected chi connectivity index (χ0v) is 21.7. The fraction of sp³-hybridized carbons (Fsp3) is 0.250. The number of Topliss-reactive ketones (excluding diaryl/α,β-unsaturated/α-hetero) is 1. The number of nitrogen functional groups attached to an aromatic ring is 2. The number of nitrogens with zero attached hydrogens (tertiary/aromatic N) is 3.